The first kappa shape index (κ1) is 15.2. The van der Waals surface area contributed by atoms with Gasteiger partial charge in [0.2, 0.25) is 0 Å². The highest BCUT2D eigenvalue weighted by Gasteiger charge is 2.21. The Kier molecular flexibility index (Phi) is 3.43. The number of aryl methyl sites for hydroxylation is 1. The number of carbonyl (C=O) groups is 1. The Bertz CT molecular complexity index is 1040. The fraction of sp³-hybridized carbons (Fsp3) is 0.188. The van der Waals surface area contributed by atoms with E-state index in [0.717, 1.165) is 11.4 Å². The minimum absolute atomic E-state index is 0.193. The van der Waals surface area contributed by atoms with E-state index in [1.807, 2.05) is 18.2 Å². The molecule has 3 N–H and O–H groups in total. The Morgan fingerprint density at radius 2 is 2.16 bits per heavy atom. The van der Waals surface area contributed by atoms with Gasteiger partial charge in [-0.15, -0.1) is 0 Å². The van der Waals surface area contributed by atoms with E-state index in [-0.39, 0.29) is 11.6 Å². The SMILES string of the molecule is Cn1nc2cc(N3CCOc4cc(C(=O)NN)ccc43)ccn2c1=O. The zero-order valence-electron chi connectivity index (χ0n) is 13.5. The Balaban J connectivity index is 1.78. The molecule has 0 radical (unpaired) electrons. The van der Waals surface area contributed by atoms with Crippen LogP contribution in [-0.2, 0) is 7.05 Å². The van der Waals surface area contributed by atoms with Crippen LogP contribution in [0.25, 0.3) is 5.65 Å². The lowest BCUT2D eigenvalue weighted by atomic mass is 10.1. The predicted octanol–water partition coefficient (Wildman–Crippen LogP) is 0.167. The number of amides is 1. The second kappa shape index (κ2) is 5.64. The van der Waals surface area contributed by atoms with Gasteiger partial charge < -0.3 is 9.64 Å². The van der Waals surface area contributed by atoms with Crippen molar-refractivity contribution >= 4 is 22.9 Å². The van der Waals surface area contributed by atoms with Crippen molar-refractivity contribution in [3.05, 3.63) is 52.6 Å². The number of hydrogen-bond donors (Lipinski definition) is 2. The summed E-state index contributed by atoms with van der Waals surface area (Å²) in [5, 5.41) is 4.21. The molecule has 0 saturated heterocycles. The third kappa shape index (κ3) is 2.41. The molecule has 0 atom stereocenters. The largest absolute Gasteiger partial charge is 0.490 e. The molecule has 128 valence electrons. The van der Waals surface area contributed by atoms with E-state index in [9.17, 15) is 9.59 Å². The molecular formula is C16H16N6O3. The first-order chi connectivity index (χ1) is 12.1. The van der Waals surface area contributed by atoms with Crippen LogP contribution in [0.3, 0.4) is 0 Å². The summed E-state index contributed by atoms with van der Waals surface area (Å²) in [6.45, 7) is 1.11. The normalized spacial score (nSPS) is 13.4. The number of nitrogens with two attached hydrogens (primary N) is 1. The number of nitrogens with zero attached hydrogens (tertiary/aromatic N) is 4. The number of ether oxygens (including phenoxy) is 1. The monoisotopic (exact) mass is 340 g/mol. The van der Waals surface area contributed by atoms with Crippen LogP contribution >= 0.6 is 0 Å². The maximum Gasteiger partial charge on any atom is 0.350 e. The molecule has 3 aromatic rings. The van der Waals surface area contributed by atoms with Gasteiger partial charge >= 0.3 is 5.69 Å². The number of rotatable bonds is 2. The first-order valence-electron chi connectivity index (χ1n) is 7.69. The average Bonchev–Trinajstić information content (AvgIpc) is 2.93. The van der Waals surface area contributed by atoms with Gasteiger partial charge in [0.1, 0.15) is 12.4 Å². The van der Waals surface area contributed by atoms with Gasteiger partial charge in [-0.05, 0) is 24.3 Å². The third-order valence-corrected chi connectivity index (χ3v) is 4.18. The lowest BCUT2D eigenvalue weighted by molar-refractivity contribution is 0.0953. The van der Waals surface area contributed by atoms with Gasteiger partial charge in [-0.25, -0.2) is 15.3 Å². The smallest absolute Gasteiger partial charge is 0.350 e. The van der Waals surface area contributed by atoms with Gasteiger partial charge in [0.05, 0.1) is 12.2 Å². The molecule has 0 aliphatic carbocycles. The number of pyridine rings is 1. The summed E-state index contributed by atoms with van der Waals surface area (Å²) >= 11 is 0. The molecule has 0 bridgehead atoms. The van der Waals surface area contributed by atoms with Crippen LogP contribution in [0.1, 0.15) is 10.4 Å². The third-order valence-electron chi connectivity index (χ3n) is 4.18. The van der Waals surface area contributed by atoms with Crippen molar-refractivity contribution < 1.29 is 9.53 Å². The molecule has 1 aliphatic rings. The molecule has 1 amide bonds. The molecule has 1 aromatic carbocycles. The molecule has 1 aliphatic heterocycles. The van der Waals surface area contributed by atoms with E-state index in [0.29, 0.717) is 30.1 Å². The van der Waals surface area contributed by atoms with E-state index in [4.69, 9.17) is 10.6 Å². The molecule has 3 heterocycles. The zero-order chi connectivity index (χ0) is 17.6. The molecule has 25 heavy (non-hydrogen) atoms. The maximum atomic E-state index is 11.9. The number of nitrogens with one attached hydrogen (secondary N) is 1. The summed E-state index contributed by atoms with van der Waals surface area (Å²) < 4.78 is 8.47. The molecule has 2 aromatic heterocycles. The fourth-order valence-corrected chi connectivity index (χ4v) is 2.95. The van der Waals surface area contributed by atoms with Crippen LogP contribution in [0, 0.1) is 0 Å². The van der Waals surface area contributed by atoms with Gasteiger partial charge in [-0.1, -0.05) is 0 Å². The quantitative estimate of drug-likeness (QED) is 0.391. The van der Waals surface area contributed by atoms with Crippen LogP contribution < -0.4 is 26.6 Å². The van der Waals surface area contributed by atoms with Gasteiger partial charge in [0.15, 0.2) is 5.65 Å². The Morgan fingerprint density at radius 1 is 1.32 bits per heavy atom. The van der Waals surface area contributed by atoms with Gasteiger partial charge in [-0.3, -0.25) is 14.6 Å². The molecular weight excluding hydrogens is 324 g/mol. The number of hydrogen-bond acceptors (Lipinski definition) is 6. The zero-order valence-corrected chi connectivity index (χ0v) is 13.5. The van der Waals surface area contributed by atoms with Crippen molar-refractivity contribution in [2.75, 3.05) is 18.1 Å². The van der Waals surface area contributed by atoms with E-state index in [1.165, 1.54) is 9.08 Å². The number of anilines is 2. The number of fused-ring (bicyclic) bond motifs is 2. The second-order valence-corrected chi connectivity index (χ2v) is 5.68. The van der Waals surface area contributed by atoms with Crippen LogP contribution in [0.4, 0.5) is 11.4 Å². The van der Waals surface area contributed by atoms with E-state index in [2.05, 4.69) is 15.4 Å². The van der Waals surface area contributed by atoms with Crippen molar-refractivity contribution in [1.29, 1.82) is 0 Å². The van der Waals surface area contributed by atoms with Crippen molar-refractivity contribution in [3.8, 4) is 5.75 Å². The second-order valence-electron chi connectivity index (χ2n) is 5.68. The number of nitrogen functional groups attached to an aromatic ring is 1. The van der Waals surface area contributed by atoms with Crippen molar-refractivity contribution in [1.82, 2.24) is 19.6 Å². The minimum Gasteiger partial charge on any atom is -0.490 e. The molecule has 9 nitrogen and oxygen atoms in total. The number of carbonyl (C=O) groups excluding carboxylic acids is 1. The highest BCUT2D eigenvalue weighted by molar-refractivity contribution is 5.95. The Hall–Kier alpha value is -3.33. The molecule has 0 spiro atoms. The molecule has 4 rings (SSSR count). The highest BCUT2D eigenvalue weighted by Crippen LogP contribution is 2.37. The molecule has 9 heteroatoms. The predicted molar refractivity (Wildman–Crippen MR) is 91.0 cm³/mol. The van der Waals surface area contributed by atoms with Crippen molar-refractivity contribution in [2.45, 2.75) is 0 Å². The first-order valence-corrected chi connectivity index (χ1v) is 7.69. The highest BCUT2D eigenvalue weighted by atomic mass is 16.5. The summed E-state index contributed by atoms with van der Waals surface area (Å²) in [7, 11) is 1.61. The number of aromatic nitrogens is 3. The van der Waals surface area contributed by atoms with Gasteiger partial charge in [0.25, 0.3) is 5.91 Å². The van der Waals surface area contributed by atoms with Crippen LogP contribution in [0.5, 0.6) is 5.75 Å². The molecule has 0 unspecified atom stereocenters. The fourth-order valence-electron chi connectivity index (χ4n) is 2.95. The molecule has 0 fully saturated rings. The Labute approximate surface area is 142 Å². The van der Waals surface area contributed by atoms with E-state index in [1.54, 1.807) is 25.4 Å². The number of hydrazine groups is 1. The minimum atomic E-state index is -0.377. The molecule has 0 saturated carbocycles. The summed E-state index contributed by atoms with van der Waals surface area (Å²) in [4.78, 5) is 25.7. The topological polar surface area (TPSA) is 107 Å². The van der Waals surface area contributed by atoms with Crippen LogP contribution in [0.15, 0.2) is 41.3 Å². The Morgan fingerprint density at radius 3 is 2.96 bits per heavy atom. The lowest BCUT2D eigenvalue weighted by Gasteiger charge is -2.31. The number of benzene rings is 1. The van der Waals surface area contributed by atoms with Crippen molar-refractivity contribution in [2.24, 2.45) is 12.9 Å². The van der Waals surface area contributed by atoms with E-state index >= 15 is 0 Å². The van der Waals surface area contributed by atoms with Crippen molar-refractivity contribution in [3.63, 3.8) is 0 Å². The van der Waals surface area contributed by atoms with Crippen LogP contribution in [0.2, 0.25) is 0 Å². The summed E-state index contributed by atoms with van der Waals surface area (Å²) in [5.74, 6) is 5.40. The standard InChI is InChI=1S/C16H16N6O3/c1-20-16(24)22-5-4-11(9-14(22)19-20)21-6-7-25-13-8-10(15(23)18-17)2-3-12(13)21/h2-5,8-9H,6-7,17H2,1H3,(H,18,23). The summed E-state index contributed by atoms with van der Waals surface area (Å²) in [6.07, 6.45) is 1.70. The van der Waals surface area contributed by atoms with Crippen LogP contribution in [-0.4, -0.2) is 33.2 Å². The summed E-state index contributed by atoms with van der Waals surface area (Å²) in [5.41, 5.74) is 4.63. The average molecular weight is 340 g/mol. The van der Waals surface area contributed by atoms with Gasteiger partial charge in [-0.2, -0.15) is 5.10 Å². The lowest BCUT2D eigenvalue weighted by Crippen LogP contribution is -2.31. The van der Waals surface area contributed by atoms with Gasteiger partial charge in [0, 0.05) is 30.6 Å². The van der Waals surface area contributed by atoms with E-state index < -0.39 is 0 Å². The summed E-state index contributed by atoms with van der Waals surface area (Å²) in [6, 6.07) is 8.86. The maximum absolute atomic E-state index is 11.9.